The molecule has 2 aromatic carbocycles. The van der Waals surface area contributed by atoms with Crippen molar-refractivity contribution < 1.29 is 9.59 Å². The zero-order chi connectivity index (χ0) is 19.5. The van der Waals surface area contributed by atoms with E-state index < -0.39 is 0 Å². The van der Waals surface area contributed by atoms with E-state index in [1.165, 1.54) is 23.5 Å². The molecule has 142 valence electrons. The van der Waals surface area contributed by atoms with Crippen molar-refractivity contribution in [1.29, 1.82) is 0 Å². The number of hydrogen-bond donors (Lipinski definition) is 1. The molecule has 1 aliphatic rings. The van der Waals surface area contributed by atoms with Crippen molar-refractivity contribution in [2.24, 2.45) is 7.05 Å². The Kier molecular flexibility index (Phi) is 5.50. The molecule has 2 heterocycles. The van der Waals surface area contributed by atoms with Gasteiger partial charge in [-0.05, 0) is 12.1 Å². The SMILES string of the molecule is Cn1c(CC2Sc3ccccc3NC2=O)nnc1SCC(=O)c1ccccc1. The Labute approximate surface area is 171 Å². The molecule has 0 radical (unpaired) electrons. The molecule has 8 heteroatoms. The van der Waals surface area contributed by atoms with Gasteiger partial charge in [-0.2, -0.15) is 0 Å². The molecule has 1 amide bonds. The third-order valence-corrected chi connectivity index (χ3v) is 6.72. The minimum absolute atomic E-state index is 0.0276. The molecule has 6 nitrogen and oxygen atoms in total. The van der Waals surface area contributed by atoms with E-state index in [-0.39, 0.29) is 16.9 Å². The molecular formula is C20H18N4O2S2. The lowest BCUT2D eigenvalue weighted by Gasteiger charge is -2.23. The summed E-state index contributed by atoms with van der Waals surface area (Å²) < 4.78 is 1.86. The number of nitrogens with zero attached hydrogens (tertiary/aromatic N) is 3. The Hall–Kier alpha value is -2.58. The summed E-state index contributed by atoms with van der Waals surface area (Å²) in [5.41, 5.74) is 1.54. The van der Waals surface area contributed by atoms with Crippen LogP contribution in [0.15, 0.2) is 64.6 Å². The highest BCUT2D eigenvalue weighted by Crippen LogP contribution is 2.36. The molecule has 28 heavy (non-hydrogen) atoms. The highest BCUT2D eigenvalue weighted by Gasteiger charge is 2.28. The van der Waals surface area contributed by atoms with Crippen LogP contribution in [0, 0.1) is 0 Å². The van der Waals surface area contributed by atoms with Crippen molar-refractivity contribution in [3.05, 3.63) is 66.0 Å². The van der Waals surface area contributed by atoms with Crippen LogP contribution in [0.3, 0.4) is 0 Å². The maximum absolute atomic E-state index is 12.4. The molecule has 1 unspecified atom stereocenters. The normalized spacial score (nSPS) is 15.8. The van der Waals surface area contributed by atoms with Crippen molar-refractivity contribution in [2.75, 3.05) is 11.1 Å². The van der Waals surface area contributed by atoms with Gasteiger partial charge in [0.05, 0.1) is 16.7 Å². The lowest BCUT2D eigenvalue weighted by molar-refractivity contribution is -0.115. The van der Waals surface area contributed by atoms with Crippen LogP contribution in [0.4, 0.5) is 5.69 Å². The second-order valence-electron chi connectivity index (χ2n) is 6.33. The summed E-state index contributed by atoms with van der Waals surface area (Å²) in [5.74, 6) is 1.04. The van der Waals surface area contributed by atoms with E-state index in [0.717, 1.165) is 16.4 Å². The number of fused-ring (bicyclic) bond motifs is 1. The second kappa shape index (κ2) is 8.20. The van der Waals surface area contributed by atoms with Gasteiger partial charge < -0.3 is 9.88 Å². The number of benzene rings is 2. The zero-order valence-corrected chi connectivity index (χ0v) is 16.8. The molecule has 0 bridgehead atoms. The molecule has 0 saturated heterocycles. The van der Waals surface area contributed by atoms with Crippen molar-refractivity contribution in [3.8, 4) is 0 Å². The predicted octanol–water partition coefficient (Wildman–Crippen LogP) is 3.45. The summed E-state index contributed by atoms with van der Waals surface area (Å²) in [7, 11) is 1.87. The standard InChI is InChI=1S/C20H18N4O2S2/c1-24-18(11-17-19(26)21-14-9-5-6-10-16(14)28-17)22-23-20(24)27-12-15(25)13-7-3-2-4-8-13/h2-10,17H,11-12H2,1H3,(H,21,26). The second-order valence-corrected chi connectivity index (χ2v) is 8.52. The van der Waals surface area contributed by atoms with Crippen molar-refractivity contribution in [1.82, 2.24) is 14.8 Å². The fourth-order valence-electron chi connectivity index (χ4n) is 2.88. The third-order valence-electron chi connectivity index (χ3n) is 4.43. The smallest absolute Gasteiger partial charge is 0.238 e. The van der Waals surface area contributed by atoms with E-state index in [9.17, 15) is 9.59 Å². The summed E-state index contributed by atoms with van der Waals surface area (Å²) in [6.45, 7) is 0. The van der Waals surface area contributed by atoms with E-state index in [0.29, 0.717) is 22.9 Å². The monoisotopic (exact) mass is 410 g/mol. The number of carbonyl (C=O) groups is 2. The lowest BCUT2D eigenvalue weighted by atomic mass is 10.2. The number of nitrogens with one attached hydrogen (secondary N) is 1. The van der Waals surface area contributed by atoms with Gasteiger partial charge in [0.25, 0.3) is 0 Å². The number of aromatic nitrogens is 3. The molecule has 1 aliphatic heterocycles. The van der Waals surface area contributed by atoms with Crippen LogP contribution in [0.25, 0.3) is 0 Å². The Morgan fingerprint density at radius 3 is 2.71 bits per heavy atom. The predicted molar refractivity (Wildman–Crippen MR) is 111 cm³/mol. The molecule has 1 N–H and O–H groups in total. The number of thioether (sulfide) groups is 2. The van der Waals surface area contributed by atoms with Gasteiger partial charge >= 0.3 is 0 Å². The average Bonchev–Trinajstić information content (AvgIpc) is 3.07. The van der Waals surface area contributed by atoms with Crippen LogP contribution < -0.4 is 5.32 Å². The maximum atomic E-state index is 12.4. The number of hydrogen-bond acceptors (Lipinski definition) is 6. The zero-order valence-electron chi connectivity index (χ0n) is 15.2. The highest BCUT2D eigenvalue weighted by molar-refractivity contribution is 8.01. The highest BCUT2D eigenvalue weighted by atomic mass is 32.2. The van der Waals surface area contributed by atoms with E-state index in [1.807, 2.05) is 66.2 Å². The fourth-order valence-corrected chi connectivity index (χ4v) is 4.81. The molecule has 1 aromatic heterocycles. The number of para-hydroxylation sites is 1. The summed E-state index contributed by atoms with van der Waals surface area (Å²) in [6, 6.07) is 17.0. The van der Waals surface area contributed by atoms with E-state index >= 15 is 0 Å². The van der Waals surface area contributed by atoms with Gasteiger partial charge in [0.1, 0.15) is 5.82 Å². The molecule has 0 aliphatic carbocycles. The Morgan fingerprint density at radius 2 is 1.89 bits per heavy atom. The molecular weight excluding hydrogens is 392 g/mol. The summed E-state index contributed by atoms with van der Waals surface area (Å²) >= 11 is 2.89. The number of ketones is 1. The van der Waals surface area contributed by atoms with Gasteiger partial charge in [-0.15, -0.1) is 22.0 Å². The third kappa shape index (κ3) is 3.98. The number of anilines is 1. The number of carbonyl (C=O) groups excluding carboxylic acids is 2. The maximum Gasteiger partial charge on any atom is 0.238 e. The largest absolute Gasteiger partial charge is 0.324 e. The van der Waals surface area contributed by atoms with Crippen molar-refractivity contribution >= 4 is 40.9 Å². The van der Waals surface area contributed by atoms with Crippen LogP contribution in [-0.2, 0) is 18.3 Å². The van der Waals surface area contributed by atoms with E-state index in [2.05, 4.69) is 15.5 Å². The molecule has 3 aromatic rings. The topological polar surface area (TPSA) is 76.9 Å². The minimum atomic E-state index is -0.262. The average molecular weight is 411 g/mol. The van der Waals surface area contributed by atoms with Gasteiger partial charge in [-0.25, -0.2) is 0 Å². The van der Waals surface area contributed by atoms with Gasteiger partial charge in [-0.1, -0.05) is 54.2 Å². The summed E-state index contributed by atoms with van der Waals surface area (Å²) in [5, 5.41) is 11.8. The number of Topliss-reactive ketones (excluding diaryl/α,β-unsaturated/α-hetero) is 1. The van der Waals surface area contributed by atoms with Crippen LogP contribution in [0.2, 0.25) is 0 Å². The van der Waals surface area contributed by atoms with Crippen molar-refractivity contribution in [3.63, 3.8) is 0 Å². The Morgan fingerprint density at radius 1 is 1.14 bits per heavy atom. The van der Waals surface area contributed by atoms with E-state index in [1.54, 1.807) is 0 Å². The van der Waals surface area contributed by atoms with Crippen LogP contribution >= 0.6 is 23.5 Å². The van der Waals surface area contributed by atoms with Crippen molar-refractivity contribution in [2.45, 2.75) is 21.7 Å². The fraction of sp³-hybridized carbons (Fsp3) is 0.200. The molecule has 0 fully saturated rings. The minimum Gasteiger partial charge on any atom is -0.324 e. The lowest BCUT2D eigenvalue weighted by Crippen LogP contribution is -2.31. The summed E-state index contributed by atoms with van der Waals surface area (Å²) in [6.07, 6.45) is 0.474. The van der Waals surface area contributed by atoms with Crippen LogP contribution in [-0.4, -0.2) is 37.5 Å². The van der Waals surface area contributed by atoms with Crippen LogP contribution in [0.5, 0.6) is 0 Å². The summed E-state index contributed by atoms with van der Waals surface area (Å²) in [4.78, 5) is 25.7. The van der Waals surface area contributed by atoms with Gasteiger partial charge in [0.15, 0.2) is 10.9 Å². The quantitative estimate of drug-likeness (QED) is 0.495. The number of rotatable bonds is 6. The van der Waals surface area contributed by atoms with Gasteiger partial charge in [0.2, 0.25) is 5.91 Å². The first-order valence-electron chi connectivity index (χ1n) is 8.77. The Bertz CT molecular complexity index is 1020. The van der Waals surface area contributed by atoms with Gasteiger partial charge in [0, 0.05) is 23.9 Å². The molecule has 1 atom stereocenters. The molecule has 4 rings (SSSR count). The van der Waals surface area contributed by atoms with E-state index in [4.69, 9.17) is 0 Å². The first-order valence-corrected chi connectivity index (χ1v) is 10.6. The first kappa shape index (κ1) is 18.8. The molecule has 0 spiro atoms. The molecule has 0 saturated carbocycles. The van der Waals surface area contributed by atoms with Gasteiger partial charge in [-0.3, -0.25) is 9.59 Å². The number of amides is 1. The van der Waals surface area contributed by atoms with Crippen LogP contribution in [0.1, 0.15) is 16.2 Å². The first-order chi connectivity index (χ1) is 13.6. The Balaban J connectivity index is 1.41.